The van der Waals surface area contributed by atoms with E-state index in [1.807, 2.05) is 68.4 Å². The van der Waals surface area contributed by atoms with Crippen molar-refractivity contribution in [3.8, 4) is 11.5 Å². The molecule has 5 heteroatoms. The molecule has 0 saturated heterocycles. The summed E-state index contributed by atoms with van der Waals surface area (Å²) < 4.78 is 5.96. The molecule has 0 unspecified atom stereocenters. The molecule has 2 aromatic rings. The number of aliphatic carboxylic acids is 1. The second kappa shape index (κ2) is 6.98. The second-order valence-electron chi connectivity index (χ2n) is 7.17. The first-order valence-electron chi connectivity index (χ1n) is 8.35. The van der Waals surface area contributed by atoms with E-state index in [1.165, 1.54) is 0 Å². The van der Waals surface area contributed by atoms with Crippen LogP contribution in [0, 0.1) is 16.7 Å². The highest BCUT2D eigenvalue weighted by Crippen LogP contribution is 2.71. The third kappa shape index (κ3) is 3.34. The van der Waals surface area contributed by atoms with Gasteiger partial charge in [0, 0.05) is 5.92 Å². The van der Waals surface area contributed by atoms with Gasteiger partial charge in [0.05, 0.1) is 5.41 Å². The molecule has 0 spiro atoms. The molecule has 1 saturated carbocycles. The highest BCUT2D eigenvalue weighted by molar-refractivity contribution is 6.55. The van der Waals surface area contributed by atoms with Crippen molar-refractivity contribution in [1.82, 2.24) is 0 Å². The molecular weight excluding hydrogens is 371 g/mol. The Bertz CT molecular complexity index is 841. The average Bonchev–Trinajstić information content (AvgIpc) is 3.03. The van der Waals surface area contributed by atoms with E-state index in [0.29, 0.717) is 12.2 Å². The summed E-state index contributed by atoms with van der Waals surface area (Å²) in [7, 11) is 0. The minimum Gasteiger partial charge on any atom is -0.481 e. The first-order valence-corrected chi connectivity index (χ1v) is 9.11. The molecule has 1 fully saturated rings. The van der Waals surface area contributed by atoms with Crippen LogP contribution in [0.4, 0.5) is 0 Å². The Labute approximate surface area is 163 Å². The molecular formula is C21H20Cl2O3. The van der Waals surface area contributed by atoms with E-state index in [9.17, 15) is 9.90 Å². The van der Waals surface area contributed by atoms with Crippen LogP contribution in [0.3, 0.4) is 0 Å². The summed E-state index contributed by atoms with van der Waals surface area (Å²) >= 11 is 11.6. The van der Waals surface area contributed by atoms with Gasteiger partial charge >= 0.3 is 5.97 Å². The van der Waals surface area contributed by atoms with Crippen molar-refractivity contribution in [2.45, 2.75) is 20.3 Å². The Morgan fingerprint density at radius 1 is 1.12 bits per heavy atom. The van der Waals surface area contributed by atoms with Gasteiger partial charge in [-0.05, 0) is 47.7 Å². The molecule has 3 nitrogen and oxygen atoms in total. The largest absolute Gasteiger partial charge is 0.481 e. The third-order valence-electron chi connectivity index (χ3n) is 5.41. The highest BCUT2D eigenvalue weighted by Gasteiger charge is 2.74. The lowest BCUT2D eigenvalue weighted by Crippen LogP contribution is -2.24. The topological polar surface area (TPSA) is 46.5 Å². The van der Waals surface area contributed by atoms with Gasteiger partial charge in [-0.1, -0.05) is 67.4 Å². The van der Waals surface area contributed by atoms with Crippen LogP contribution in [0.1, 0.15) is 19.4 Å². The van der Waals surface area contributed by atoms with Crippen molar-refractivity contribution in [3.63, 3.8) is 0 Å². The summed E-state index contributed by atoms with van der Waals surface area (Å²) in [6.07, 6.45) is 2.02. The van der Waals surface area contributed by atoms with Crippen LogP contribution in [-0.4, -0.2) is 11.1 Å². The van der Waals surface area contributed by atoms with Crippen LogP contribution in [-0.2, 0) is 11.2 Å². The molecule has 1 aliphatic rings. The van der Waals surface area contributed by atoms with Crippen LogP contribution < -0.4 is 4.74 Å². The zero-order valence-corrected chi connectivity index (χ0v) is 16.1. The predicted octanol–water partition coefficient (Wildman–Crippen LogP) is 6.07. The number of halogens is 2. The van der Waals surface area contributed by atoms with Crippen molar-refractivity contribution < 1.29 is 14.6 Å². The number of allylic oxidation sites excluding steroid dienone is 1. The van der Waals surface area contributed by atoms with Crippen molar-refractivity contribution in [3.05, 3.63) is 70.7 Å². The van der Waals surface area contributed by atoms with E-state index in [2.05, 4.69) is 0 Å². The van der Waals surface area contributed by atoms with E-state index in [-0.39, 0.29) is 10.4 Å². The fourth-order valence-electron chi connectivity index (χ4n) is 3.86. The molecule has 0 aromatic heterocycles. The molecule has 1 N–H and O–H groups in total. The van der Waals surface area contributed by atoms with E-state index in [1.54, 1.807) is 6.08 Å². The lowest BCUT2D eigenvalue weighted by atomic mass is 9.88. The molecule has 0 amide bonds. The Hall–Kier alpha value is -1.97. The number of carbonyl (C=O) groups is 1. The first-order chi connectivity index (χ1) is 12.3. The van der Waals surface area contributed by atoms with Crippen molar-refractivity contribution in [2.75, 3.05) is 0 Å². The van der Waals surface area contributed by atoms with Crippen LogP contribution in [0.15, 0.2) is 65.2 Å². The van der Waals surface area contributed by atoms with Crippen LogP contribution in [0.25, 0.3) is 0 Å². The molecule has 0 radical (unpaired) electrons. The van der Waals surface area contributed by atoms with Gasteiger partial charge in [0.2, 0.25) is 0 Å². The molecule has 0 aliphatic heterocycles. The zero-order valence-electron chi connectivity index (χ0n) is 14.6. The Balaban J connectivity index is 1.87. The summed E-state index contributed by atoms with van der Waals surface area (Å²) in [5.74, 6) is 0.346. The summed E-state index contributed by atoms with van der Waals surface area (Å²) in [5, 5.41) is 9.94. The van der Waals surface area contributed by atoms with Crippen LogP contribution in [0.2, 0.25) is 0 Å². The first kappa shape index (κ1) is 18.8. The van der Waals surface area contributed by atoms with Crippen molar-refractivity contribution in [1.29, 1.82) is 0 Å². The third-order valence-corrected chi connectivity index (χ3v) is 5.66. The van der Waals surface area contributed by atoms with E-state index >= 15 is 0 Å². The Kier molecular flexibility index (Phi) is 5.05. The van der Waals surface area contributed by atoms with E-state index < -0.39 is 16.8 Å². The second-order valence-corrected chi connectivity index (χ2v) is 8.18. The average molecular weight is 391 g/mol. The number of hydrogen-bond acceptors (Lipinski definition) is 2. The molecule has 3 rings (SSSR count). The standard InChI is InChI=1S/C21H20Cl2O3/c1-20(2)17(12-18(22)23)21(20,19(24)25)13-14-7-6-10-16(11-14)26-15-8-4-3-5-9-15/h3-12,17H,13H2,1-2H3,(H,24,25)/t17-,21-/m0/s1. The van der Waals surface area contributed by atoms with E-state index in [0.717, 1.165) is 11.3 Å². The number of rotatable bonds is 6. The Morgan fingerprint density at radius 2 is 1.77 bits per heavy atom. The van der Waals surface area contributed by atoms with Crippen LogP contribution >= 0.6 is 23.2 Å². The Morgan fingerprint density at radius 3 is 2.38 bits per heavy atom. The van der Waals surface area contributed by atoms with Gasteiger partial charge in [0.25, 0.3) is 0 Å². The van der Waals surface area contributed by atoms with Crippen molar-refractivity contribution in [2.24, 2.45) is 16.7 Å². The molecule has 1 aliphatic carbocycles. The maximum atomic E-state index is 12.1. The van der Waals surface area contributed by atoms with Gasteiger partial charge in [-0.2, -0.15) is 0 Å². The summed E-state index contributed by atoms with van der Waals surface area (Å²) in [6.45, 7) is 3.87. The molecule has 2 aromatic carbocycles. The maximum absolute atomic E-state index is 12.1. The number of para-hydroxylation sites is 1. The number of ether oxygens (including phenoxy) is 1. The van der Waals surface area contributed by atoms with Gasteiger partial charge in [-0.25, -0.2) is 0 Å². The maximum Gasteiger partial charge on any atom is 0.311 e. The SMILES string of the molecule is CC1(C)[C@H](C=C(Cl)Cl)[C@@]1(Cc1cccc(Oc2ccccc2)c1)C(=O)O. The zero-order chi connectivity index (χ0) is 18.9. The number of carboxylic acids is 1. The monoisotopic (exact) mass is 390 g/mol. The smallest absolute Gasteiger partial charge is 0.311 e. The van der Waals surface area contributed by atoms with Gasteiger partial charge in [-0.15, -0.1) is 0 Å². The van der Waals surface area contributed by atoms with Crippen molar-refractivity contribution >= 4 is 29.2 Å². The van der Waals surface area contributed by atoms with E-state index in [4.69, 9.17) is 27.9 Å². The molecule has 136 valence electrons. The minimum absolute atomic E-state index is 0.104. The minimum atomic E-state index is -0.937. The summed E-state index contributed by atoms with van der Waals surface area (Å²) in [4.78, 5) is 12.1. The fraction of sp³-hybridized carbons (Fsp3) is 0.286. The van der Waals surface area contributed by atoms with Gasteiger partial charge < -0.3 is 9.84 Å². The lowest BCUT2D eigenvalue weighted by molar-refractivity contribution is -0.145. The van der Waals surface area contributed by atoms with Gasteiger partial charge in [0.1, 0.15) is 16.0 Å². The molecule has 2 atom stereocenters. The van der Waals surface area contributed by atoms with Gasteiger partial charge in [0.15, 0.2) is 0 Å². The molecule has 0 heterocycles. The lowest BCUT2D eigenvalue weighted by Gasteiger charge is -2.16. The summed E-state index contributed by atoms with van der Waals surface area (Å²) in [5.41, 5.74) is -0.479. The number of hydrogen-bond donors (Lipinski definition) is 1. The molecule has 0 bridgehead atoms. The summed E-state index contributed by atoms with van der Waals surface area (Å²) in [6, 6.07) is 17.0. The predicted molar refractivity (Wildman–Crippen MR) is 104 cm³/mol. The normalized spacial score (nSPS) is 23.2. The fourth-order valence-corrected chi connectivity index (χ4v) is 4.11. The van der Waals surface area contributed by atoms with Gasteiger partial charge in [-0.3, -0.25) is 4.79 Å². The number of benzene rings is 2. The molecule has 26 heavy (non-hydrogen) atoms. The van der Waals surface area contributed by atoms with Crippen LogP contribution in [0.5, 0.6) is 11.5 Å². The quantitative estimate of drug-likeness (QED) is 0.650. The highest BCUT2D eigenvalue weighted by atomic mass is 35.5. The number of carboxylic acid groups (broad SMARTS) is 1.